The number of anilines is 1. The molecule has 1 aliphatic heterocycles. The highest BCUT2D eigenvalue weighted by molar-refractivity contribution is 5.83. The van der Waals surface area contributed by atoms with E-state index in [2.05, 4.69) is 22.1 Å². The summed E-state index contributed by atoms with van der Waals surface area (Å²) in [6, 6.07) is 13.9. The number of imidazole rings is 1. The summed E-state index contributed by atoms with van der Waals surface area (Å²) in [6.07, 6.45) is 2.87. The molecule has 2 heterocycles. The van der Waals surface area contributed by atoms with Crippen molar-refractivity contribution in [1.82, 2.24) is 14.9 Å². The number of carbonyl (C=O) groups is 1. The zero-order valence-electron chi connectivity index (χ0n) is 23.1. The first kappa shape index (κ1) is 28.7. The second-order valence-corrected chi connectivity index (χ2v) is 10.4. The number of aromatic nitrogens is 2. The number of rotatable bonds is 15. The number of aliphatic hydroxyl groups is 1. The number of hydrogen-bond donors (Lipinski definition) is 4. The Morgan fingerprint density at radius 2 is 1.97 bits per heavy atom. The van der Waals surface area contributed by atoms with Crippen molar-refractivity contribution in [2.24, 2.45) is 5.73 Å². The molecule has 0 radical (unpaired) electrons. The summed E-state index contributed by atoms with van der Waals surface area (Å²) >= 11 is 0. The topological polar surface area (TPSA) is 133 Å². The first-order valence-electron chi connectivity index (χ1n) is 13.7. The van der Waals surface area contributed by atoms with Crippen LogP contribution in [0.15, 0.2) is 42.5 Å². The lowest BCUT2D eigenvalue weighted by Crippen LogP contribution is -2.51. The molecule has 0 aliphatic carbocycles. The number of nitrogens with zero attached hydrogens (tertiary/aromatic N) is 2. The number of primary amides is 1. The van der Waals surface area contributed by atoms with Crippen molar-refractivity contribution in [3.8, 4) is 11.5 Å². The smallest absolute Gasteiger partial charge is 0.237 e. The van der Waals surface area contributed by atoms with Gasteiger partial charge in [0, 0.05) is 6.54 Å². The van der Waals surface area contributed by atoms with Gasteiger partial charge < -0.3 is 35.7 Å². The number of amides is 1. The molecule has 0 unspecified atom stereocenters. The Labute approximate surface area is 229 Å². The van der Waals surface area contributed by atoms with Crippen LogP contribution < -0.4 is 25.8 Å². The minimum absolute atomic E-state index is 0.0140. The average molecular weight is 540 g/mol. The molecule has 2 atom stereocenters. The molecule has 2 aromatic carbocycles. The third-order valence-electron chi connectivity index (χ3n) is 6.85. The number of carbonyl (C=O) groups excluding carboxylic acids is 1. The Morgan fingerprint density at radius 1 is 1.18 bits per heavy atom. The Kier molecular flexibility index (Phi) is 9.66. The number of hydrogen-bond acceptors (Lipinski definition) is 8. The summed E-state index contributed by atoms with van der Waals surface area (Å²) in [5.41, 5.74) is 7.56. The normalized spacial score (nSPS) is 17.4. The van der Waals surface area contributed by atoms with Crippen molar-refractivity contribution in [2.75, 3.05) is 31.7 Å². The van der Waals surface area contributed by atoms with Gasteiger partial charge in [-0.2, -0.15) is 0 Å². The third kappa shape index (κ3) is 7.20. The Balaban J connectivity index is 1.45. The molecule has 10 heteroatoms. The highest BCUT2D eigenvalue weighted by Gasteiger charge is 2.29. The molecule has 212 valence electrons. The van der Waals surface area contributed by atoms with E-state index in [4.69, 9.17) is 24.9 Å². The minimum Gasteiger partial charge on any atom is -0.490 e. The predicted molar refractivity (Wildman–Crippen MR) is 151 cm³/mol. The van der Waals surface area contributed by atoms with E-state index in [1.165, 1.54) is 0 Å². The number of benzene rings is 2. The zero-order chi connectivity index (χ0) is 27.8. The predicted octanol–water partition coefficient (Wildman–Crippen LogP) is 3.73. The summed E-state index contributed by atoms with van der Waals surface area (Å²) in [4.78, 5) is 16.3. The first-order valence-corrected chi connectivity index (χ1v) is 13.7. The van der Waals surface area contributed by atoms with E-state index in [0.29, 0.717) is 44.2 Å². The van der Waals surface area contributed by atoms with Gasteiger partial charge >= 0.3 is 0 Å². The van der Waals surface area contributed by atoms with Gasteiger partial charge in [-0.05, 0) is 75.9 Å². The van der Waals surface area contributed by atoms with Crippen LogP contribution in [0.4, 0.5) is 5.95 Å². The monoisotopic (exact) mass is 539 g/mol. The molecule has 3 aromatic rings. The molecule has 39 heavy (non-hydrogen) atoms. The van der Waals surface area contributed by atoms with E-state index in [1.54, 1.807) is 13.8 Å². The Bertz CT molecular complexity index is 1240. The van der Waals surface area contributed by atoms with E-state index in [0.717, 1.165) is 41.8 Å². The molecule has 10 nitrogen and oxygen atoms in total. The quantitative estimate of drug-likeness (QED) is 0.215. The highest BCUT2D eigenvalue weighted by atomic mass is 16.5. The largest absolute Gasteiger partial charge is 0.490 e. The van der Waals surface area contributed by atoms with Crippen LogP contribution in [0.3, 0.4) is 0 Å². The maximum Gasteiger partial charge on any atom is 0.237 e. The standard InChI is InChI=1S/C29H41N5O5/c1-4-15-37-24-12-10-20(17-25(24)38-16-7-14-32-29(2,3)27(30)36)18-31-28-33-22-8-5-6-9-23(22)34(28)26-13-11-21(19-35)39-26/h5-6,8-10,12,17,21,26,32,35H,4,7,11,13-16,18-19H2,1-3H3,(H2,30,36)(H,31,33)/t21-,26+/m0/s1. The first-order chi connectivity index (χ1) is 18.8. The van der Waals surface area contributed by atoms with Crippen LogP contribution in [-0.2, 0) is 16.1 Å². The van der Waals surface area contributed by atoms with Gasteiger partial charge in [0.2, 0.25) is 11.9 Å². The molecule has 5 N–H and O–H groups in total. The second-order valence-electron chi connectivity index (χ2n) is 10.4. The second kappa shape index (κ2) is 13.1. The van der Waals surface area contributed by atoms with Gasteiger partial charge in [-0.1, -0.05) is 25.1 Å². The molecule has 0 spiro atoms. The maximum atomic E-state index is 11.5. The highest BCUT2D eigenvalue weighted by Crippen LogP contribution is 2.35. The van der Waals surface area contributed by atoms with Gasteiger partial charge in [0.05, 0.1) is 42.5 Å². The summed E-state index contributed by atoms with van der Waals surface area (Å²) in [7, 11) is 0. The lowest BCUT2D eigenvalue weighted by atomic mass is 10.1. The van der Waals surface area contributed by atoms with Crippen LogP contribution in [0.1, 0.15) is 58.2 Å². The number of aliphatic hydroxyl groups excluding tert-OH is 1. The van der Waals surface area contributed by atoms with E-state index >= 15 is 0 Å². The molecule has 0 saturated carbocycles. The maximum absolute atomic E-state index is 11.5. The Hall–Kier alpha value is -3.34. The zero-order valence-corrected chi connectivity index (χ0v) is 23.1. The molecular weight excluding hydrogens is 498 g/mol. The summed E-state index contributed by atoms with van der Waals surface area (Å²) < 4.78 is 20.2. The molecule has 1 fully saturated rings. The van der Waals surface area contributed by atoms with Crippen LogP contribution in [0.25, 0.3) is 11.0 Å². The fourth-order valence-corrected chi connectivity index (χ4v) is 4.50. The van der Waals surface area contributed by atoms with Crippen LogP contribution in [0, 0.1) is 0 Å². The molecule has 4 rings (SSSR count). The van der Waals surface area contributed by atoms with Crippen molar-refractivity contribution in [3.05, 3.63) is 48.0 Å². The molecule has 1 aliphatic rings. The fourth-order valence-electron chi connectivity index (χ4n) is 4.50. The van der Waals surface area contributed by atoms with Crippen LogP contribution in [-0.4, -0.2) is 58.6 Å². The van der Waals surface area contributed by atoms with E-state index < -0.39 is 5.54 Å². The minimum atomic E-state index is -0.764. The number of fused-ring (bicyclic) bond motifs is 1. The van der Waals surface area contributed by atoms with Crippen LogP contribution in [0.5, 0.6) is 11.5 Å². The van der Waals surface area contributed by atoms with Gasteiger partial charge in [-0.15, -0.1) is 0 Å². The molecular formula is C29H41N5O5. The summed E-state index contributed by atoms with van der Waals surface area (Å²) in [5.74, 6) is 1.71. The van der Waals surface area contributed by atoms with Crippen LogP contribution >= 0.6 is 0 Å². The van der Waals surface area contributed by atoms with Crippen LogP contribution in [0.2, 0.25) is 0 Å². The number of ether oxygens (including phenoxy) is 3. The van der Waals surface area contributed by atoms with Gasteiger partial charge in [-0.3, -0.25) is 9.36 Å². The summed E-state index contributed by atoms with van der Waals surface area (Å²) in [5, 5.41) is 16.2. The average Bonchev–Trinajstić information content (AvgIpc) is 3.55. The van der Waals surface area contributed by atoms with E-state index in [9.17, 15) is 9.90 Å². The lowest BCUT2D eigenvalue weighted by Gasteiger charge is -2.22. The summed E-state index contributed by atoms with van der Waals surface area (Å²) in [6.45, 7) is 7.79. The molecule has 1 aromatic heterocycles. The van der Waals surface area contributed by atoms with Gasteiger partial charge in [-0.25, -0.2) is 4.98 Å². The van der Waals surface area contributed by atoms with E-state index in [1.807, 2.05) is 42.5 Å². The van der Waals surface area contributed by atoms with Crippen molar-refractivity contribution in [2.45, 2.75) is 70.9 Å². The third-order valence-corrected chi connectivity index (χ3v) is 6.85. The number of nitrogens with one attached hydrogen (secondary N) is 2. The number of nitrogens with two attached hydrogens (primary N) is 1. The van der Waals surface area contributed by atoms with Crippen molar-refractivity contribution in [3.63, 3.8) is 0 Å². The van der Waals surface area contributed by atoms with Crippen molar-refractivity contribution < 1.29 is 24.1 Å². The van der Waals surface area contributed by atoms with Gasteiger partial charge in [0.15, 0.2) is 11.5 Å². The lowest BCUT2D eigenvalue weighted by molar-refractivity contribution is -0.123. The fraction of sp³-hybridized carbons (Fsp3) is 0.517. The van der Waals surface area contributed by atoms with Gasteiger partial charge in [0.25, 0.3) is 0 Å². The van der Waals surface area contributed by atoms with E-state index in [-0.39, 0.29) is 24.8 Å². The molecule has 1 amide bonds. The van der Waals surface area contributed by atoms with Crippen molar-refractivity contribution in [1.29, 1.82) is 0 Å². The SMILES string of the molecule is CCCOc1ccc(CNc2nc3ccccc3n2[C@H]2CC[C@@H](CO)O2)cc1OCCCNC(C)(C)C(N)=O. The molecule has 1 saturated heterocycles. The number of para-hydroxylation sites is 2. The molecule has 0 bridgehead atoms. The van der Waals surface area contributed by atoms with Gasteiger partial charge in [0.1, 0.15) is 6.23 Å². The van der Waals surface area contributed by atoms with Crippen molar-refractivity contribution >= 4 is 22.9 Å². The Morgan fingerprint density at radius 3 is 2.72 bits per heavy atom.